The fourth-order valence-corrected chi connectivity index (χ4v) is 3.63. The van der Waals surface area contributed by atoms with Crippen molar-refractivity contribution < 1.29 is 19.0 Å². The molecule has 2 unspecified atom stereocenters. The molecule has 2 heterocycles. The van der Waals surface area contributed by atoms with Gasteiger partial charge in [-0.25, -0.2) is 4.79 Å². The third-order valence-corrected chi connectivity index (χ3v) is 4.77. The third kappa shape index (κ3) is 4.47. The van der Waals surface area contributed by atoms with Gasteiger partial charge in [-0.15, -0.1) is 0 Å². The van der Waals surface area contributed by atoms with Crippen molar-refractivity contribution in [1.29, 1.82) is 0 Å². The van der Waals surface area contributed by atoms with E-state index in [1.54, 1.807) is 12.1 Å². The van der Waals surface area contributed by atoms with Crippen LogP contribution < -0.4 is 4.90 Å². The van der Waals surface area contributed by atoms with E-state index < -0.39 is 10.9 Å². The number of nitro groups is 1. The first kappa shape index (κ1) is 19.8. The molecule has 9 heteroatoms. The van der Waals surface area contributed by atoms with Gasteiger partial charge in [0.15, 0.2) is 12.4 Å². The van der Waals surface area contributed by atoms with E-state index in [1.807, 2.05) is 11.8 Å². The maximum atomic E-state index is 12.3. The second kappa shape index (κ2) is 8.37. The largest absolute Gasteiger partial charge is 0.452 e. The molecule has 1 aromatic heterocycles. The number of nitro benzene ring substituents is 1. The first-order valence-electron chi connectivity index (χ1n) is 9.39. The van der Waals surface area contributed by atoms with Crippen LogP contribution in [0.2, 0.25) is 0 Å². The predicted molar refractivity (Wildman–Crippen MR) is 101 cm³/mol. The van der Waals surface area contributed by atoms with E-state index in [4.69, 9.17) is 9.26 Å². The Kier molecular flexibility index (Phi) is 5.91. The Morgan fingerprint density at radius 1 is 1.36 bits per heavy atom. The van der Waals surface area contributed by atoms with Gasteiger partial charge in [-0.05, 0) is 30.4 Å². The van der Waals surface area contributed by atoms with Crippen LogP contribution in [0.1, 0.15) is 49.3 Å². The average molecular weight is 388 g/mol. The lowest BCUT2D eigenvalue weighted by Crippen LogP contribution is -2.39. The van der Waals surface area contributed by atoms with Gasteiger partial charge in [-0.1, -0.05) is 25.9 Å². The highest BCUT2D eigenvalue weighted by molar-refractivity contribution is 5.91. The number of carbonyl (C=O) groups excluding carboxylic acids is 1. The minimum absolute atomic E-state index is 0.0955. The van der Waals surface area contributed by atoms with Crippen LogP contribution in [0.15, 0.2) is 22.7 Å². The third-order valence-electron chi connectivity index (χ3n) is 4.77. The van der Waals surface area contributed by atoms with Gasteiger partial charge in [0.1, 0.15) is 5.69 Å². The molecule has 0 radical (unpaired) electrons. The Morgan fingerprint density at radius 2 is 2.07 bits per heavy atom. The molecule has 28 heavy (non-hydrogen) atoms. The summed E-state index contributed by atoms with van der Waals surface area (Å²) in [5, 5.41) is 15.3. The van der Waals surface area contributed by atoms with E-state index in [-0.39, 0.29) is 23.7 Å². The van der Waals surface area contributed by atoms with Gasteiger partial charge in [0.2, 0.25) is 0 Å². The van der Waals surface area contributed by atoms with Crippen LogP contribution in [-0.4, -0.2) is 34.1 Å². The topological polar surface area (TPSA) is 112 Å². The Balaban J connectivity index is 1.76. The van der Waals surface area contributed by atoms with Gasteiger partial charge in [0.25, 0.3) is 11.6 Å². The van der Waals surface area contributed by atoms with Crippen LogP contribution in [-0.2, 0) is 17.8 Å². The summed E-state index contributed by atoms with van der Waals surface area (Å²) in [6, 6.07) is 4.45. The SMILES string of the molecule is CCc1noc(COC(=O)c2ccc(N3CC(C)CC(C)C3)c([N+](=O)[O-])c2)n1. The Labute approximate surface area is 162 Å². The molecule has 0 bridgehead atoms. The van der Waals surface area contributed by atoms with Gasteiger partial charge in [0, 0.05) is 25.6 Å². The number of carbonyl (C=O) groups is 1. The van der Waals surface area contributed by atoms with E-state index in [0.29, 0.717) is 29.8 Å². The Morgan fingerprint density at radius 3 is 2.68 bits per heavy atom. The van der Waals surface area contributed by atoms with Crippen molar-refractivity contribution in [2.75, 3.05) is 18.0 Å². The molecule has 1 aliphatic rings. The number of piperidine rings is 1. The molecule has 2 atom stereocenters. The zero-order chi connectivity index (χ0) is 20.3. The van der Waals surface area contributed by atoms with Crippen LogP contribution in [0.25, 0.3) is 0 Å². The first-order chi connectivity index (χ1) is 13.4. The summed E-state index contributed by atoms with van der Waals surface area (Å²) < 4.78 is 10.1. The molecule has 2 aromatic rings. The highest BCUT2D eigenvalue weighted by atomic mass is 16.6. The molecule has 3 rings (SSSR count). The summed E-state index contributed by atoms with van der Waals surface area (Å²) in [6.07, 6.45) is 1.71. The molecule has 1 fully saturated rings. The number of nitrogens with zero attached hydrogens (tertiary/aromatic N) is 4. The summed E-state index contributed by atoms with van der Waals surface area (Å²) >= 11 is 0. The smallest absolute Gasteiger partial charge is 0.338 e. The van der Waals surface area contributed by atoms with E-state index in [1.165, 1.54) is 6.07 Å². The molecular formula is C19H24N4O5. The standard InChI is InChI=1S/C19H24N4O5/c1-4-17-20-18(28-21-17)11-27-19(24)14-5-6-15(16(8-14)23(25)26)22-9-12(2)7-13(3)10-22/h5-6,8,12-13H,4,7,9-11H2,1-3H3. The number of hydrogen-bond acceptors (Lipinski definition) is 8. The van der Waals surface area contributed by atoms with Gasteiger partial charge in [-0.2, -0.15) is 4.98 Å². The van der Waals surface area contributed by atoms with Crippen LogP contribution in [0, 0.1) is 22.0 Å². The maximum Gasteiger partial charge on any atom is 0.338 e. The monoisotopic (exact) mass is 388 g/mol. The lowest BCUT2D eigenvalue weighted by Gasteiger charge is -2.36. The van der Waals surface area contributed by atoms with Crippen LogP contribution in [0.5, 0.6) is 0 Å². The Hall–Kier alpha value is -2.97. The maximum absolute atomic E-state index is 12.3. The quantitative estimate of drug-likeness (QED) is 0.420. The Bertz CT molecular complexity index is 856. The number of aryl methyl sites for hydroxylation is 1. The van der Waals surface area contributed by atoms with Crippen molar-refractivity contribution in [2.24, 2.45) is 11.8 Å². The molecule has 1 aromatic carbocycles. The molecule has 0 spiro atoms. The van der Waals surface area contributed by atoms with Crippen LogP contribution in [0.3, 0.4) is 0 Å². The number of anilines is 1. The molecule has 0 amide bonds. The van der Waals surface area contributed by atoms with Gasteiger partial charge < -0.3 is 14.2 Å². The molecule has 0 N–H and O–H groups in total. The molecule has 1 saturated heterocycles. The number of rotatable bonds is 6. The average Bonchev–Trinajstić information content (AvgIpc) is 3.13. The fourth-order valence-electron chi connectivity index (χ4n) is 3.63. The molecule has 9 nitrogen and oxygen atoms in total. The van der Waals surface area contributed by atoms with Gasteiger partial charge in [-0.3, -0.25) is 10.1 Å². The molecule has 0 saturated carbocycles. The summed E-state index contributed by atoms with van der Waals surface area (Å²) in [5.41, 5.74) is 0.551. The minimum Gasteiger partial charge on any atom is -0.452 e. The summed E-state index contributed by atoms with van der Waals surface area (Å²) in [4.78, 5) is 29.6. The van der Waals surface area contributed by atoms with Gasteiger partial charge in [0.05, 0.1) is 10.5 Å². The number of benzene rings is 1. The molecule has 150 valence electrons. The van der Waals surface area contributed by atoms with Crippen LogP contribution >= 0.6 is 0 Å². The highest BCUT2D eigenvalue weighted by Gasteiger charge is 2.28. The molecule has 0 aliphatic carbocycles. The van der Waals surface area contributed by atoms with Crippen molar-refractivity contribution in [2.45, 2.75) is 40.2 Å². The zero-order valence-corrected chi connectivity index (χ0v) is 16.3. The molecular weight excluding hydrogens is 364 g/mol. The van der Waals surface area contributed by atoms with Crippen molar-refractivity contribution in [3.8, 4) is 0 Å². The number of aromatic nitrogens is 2. The summed E-state index contributed by atoms with van der Waals surface area (Å²) in [6.45, 7) is 7.49. The second-order valence-corrected chi connectivity index (χ2v) is 7.35. The van der Waals surface area contributed by atoms with E-state index >= 15 is 0 Å². The number of hydrogen-bond donors (Lipinski definition) is 0. The van der Waals surface area contributed by atoms with E-state index in [0.717, 1.165) is 19.5 Å². The summed E-state index contributed by atoms with van der Waals surface area (Å²) in [5.74, 6) is 0.945. The number of ether oxygens (including phenoxy) is 1. The fraction of sp³-hybridized carbons (Fsp3) is 0.526. The van der Waals surface area contributed by atoms with Gasteiger partial charge >= 0.3 is 5.97 Å². The zero-order valence-electron chi connectivity index (χ0n) is 16.3. The first-order valence-corrected chi connectivity index (χ1v) is 9.39. The second-order valence-electron chi connectivity index (χ2n) is 7.35. The van der Waals surface area contributed by atoms with Crippen LogP contribution in [0.4, 0.5) is 11.4 Å². The molecule has 1 aliphatic heterocycles. The lowest BCUT2D eigenvalue weighted by molar-refractivity contribution is -0.384. The van der Waals surface area contributed by atoms with E-state index in [9.17, 15) is 14.9 Å². The number of esters is 1. The highest BCUT2D eigenvalue weighted by Crippen LogP contribution is 2.34. The predicted octanol–water partition coefficient (Wildman–Crippen LogP) is 3.38. The normalized spacial score (nSPS) is 19.5. The lowest BCUT2D eigenvalue weighted by atomic mass is 9.91. The van der Waals surface area contributed by atoms with Crippen molar-refractivity contribution in [3.63, 3.8) is 0 Å². The van der Waals surface area contributed by atoms with Crippen molar-refractivity contribution >= 4 is 17.3 Å². The van der Waals surface area contributed by atoms with Crippen molar-refractivity contribution in [3.05, 3.63) is 45.6 Å². The van der Waals surface area contributed by atoms with E-state index in [2.05, 4.69) is 24.0 Å². The van der Waals surface area contributed by atoms with Crippen molar-refractivity contribution in [1.82, 2.24) is 10.1 Å². The minimum atomic E-state index is -0.675. The summed E-state index contributed by atoms with van der Waals surface area (Å²) in [7, 11) is 0.